The molecule has 0 N–H and O–H groups in total. The third-order valence-electron chi connectivity index (χ3n) is 4.51. The normalized spacial score (nSPS) is 11.0. The van der Waals surface area contributed by atoms with Crippen molar-refractivity contribution in [2.24, 2.45) is 0 Å². The molecule has 26 heavy (non-hydrogen) atoms. The van der Waals surface area contributed by atoms with Gasteiger partial charge in [0.1, 0.15) is 17.1 Å². The zero-order chi connectivity index (χ0) is 18.1. The molecule has 0 aliphatic heterocycles. The third kappa shape index (κ3) is 2.70. The van der Waals surface area contributed by atoms with E-state index in [0.717, 1.165) is 45.9 Å². The monoisotopic (exact) mass is 362 g/mol. The van der Waals surface area contributed by atoms with Crippen molar-refractivity contribution in [2.75, 3.05) is 7.11 Å². The Hall–Kier alpha value is -2.92. The number of hydrogen-bond acceptors (Lipinski definition) is 4. The molecular weight excluding hydrogens is 344 g/mol. The standard InChI is InChI=1S/C21H18N2O2S/c1-3-14-7-9-15(10-8-14)20-18(12-24)23-19(13-26-21(23)22-20)16-5-4-6-17(11-16)25-2/h4-13H,3H2,1-2H3. The molecule has 0 saturated carbocycles. The summed E-state index contributed by atoms with van der Waals surface area (Å²) < 4.78 is 7.25. The molecule has 4 rings (SSSR count). The first kappa shape index (κ1) is 16.5. The van der Waals surface area contributed by atoms with Crippen LogP contribution in [0.4, 0.5) is 0 Å². The predicted molar refractivity (Wildman–Crippen MR) is 105 cm³/mol. The second kappa shape index (κ2) is 6.77. The van der Waals surface area contributed by atoms with Gasteiger partial charge in [0, 0.05) is 16.5 Å². The Labute approximate surface area is 155 Å². The number of aryl methyl sites for hydroxylation is 1. The molecule has 4 aromatic rings. The molecule has 0 spiro atoms. The van der Waals surface area contributed by atoms with Crippen LogP contribution in [0.5, 0.6) is 5.75 Å². The Morgan fingerprint density at radius 2 is 1.96 bits per heavy atom. The Bertz CT molecular complexity index is 1080. The summed E-state index contributed by atoms with van der Waals surface area (Å²) in [7, 11) is 1.65. The third-order valence-corrected chi connectivity index (χ3v) is 5.34. The summed E-state index contributed by atoms with van der Waals surface area (Å²) >= 11 is 1.53. The number of nitrogens with zero attached hydrogens (tertiary/aromatic N) is 2. The maximum atomic E-state index is 11.9. The van der Waals surface area contributed by atoms with Gasteiger partial charge in [-0.1, -0.05) is 43.3 Å². The minimum absolute atomic E-state index is 0.573. The van der Waals surface area contributed by atoms with Crippen molar-refractivity contribution in [1.82, 2.24) is 9.38 Å². The Morgan fingerprint density at radius 3 is 2.65 bits per heavy atom. The quantitative estimate of drug-likeness (QED) is 0.463. The van der Waals surface area contributed by atoms with Crippen LogP contribution in [0.15, 0.2) is 53.9 Å². The van der Waals surface area contributed by atoms with E-state index in [0.29, 0.717) is 5.69 Å². The number of ether oxygens (including phenoxy) is 1. The minimum atomic E-state index is 0.573. The van der Waals surface area contributed by atoms with Gasteiger partial charge in [0.05, 0.1) is 12.8 Å². The summed E-state index contributed by atoms with van der Waals surface area (Å²) in [6, 6.07) is 16.1. The molecule has 0 aliphatic carbocycles. The van der Waals surface area contributed by atoms with Gasteiger partial charge in [0.15, 0.2) is 11.2 Å². The van der Waals surface area contributed by atoms with E-state index in [9.17, 15) is 4.79 Å². The maximum Gasteiger partial charge on any atom is 0.195 e. The molecule has 0 saturated heterocycles. The van der Waals surface area contributed by atoms with Crippen LogP contribution in [0.3, 0.4) is 0 Å². The van der Waals surface area contributed by atoms with Crippen molar-refractivity contribution in [1.29, 1.82) is 0 Å². The number of benzene rings is 2. The van der Waals surface area contributed by atoms with Gasteiger partial charge in [-0.3, -0.25) is 9.20 Å². The van der Waals surface area contributed by atoms with E-state index in [4.69, 9.17) is 9.72 Å². The molecule has 0 bridgehead atoms. The number of carbonyl (C=O) groups excluding carboxylic acids is 1. The molecule has 0 radical (unpaired) electrons. The molecule has 2 heterocycles. The fraction of sp³-hybridized carbons (Fsp3) is 0.143. The van der Waals surface area contributed by atoms with E-state index in [2.05, 4.69) is 19.1 Å². The summed E-state index contributed by atoms with van der Waals surface area (Å²) in [6.45, 7) is 2.12. The van der Waals surface area contributed by atoms with Crippen LogP contribution in [0.1, 0.15) is 23.0 Å². The Balaban J connectivity index is 1.89. The first-order chi connectivity index (χ1) is 12.7. The zero-order valence-corrected chi connectivity index (χ0v) is 15.4. The van der Waals surface area contributed by atoms with E-state index in [-0.39, 0.29) is 0 Å². The second-order valence-corrected chi connectivity index (χ2v) is 6.82. The molecule has 5 heteroatoms. The SMILES string of the molecule is CCc1ccc(-c2nc3scc(-c4cccc(OC)c4)n3c2C=O)cc1. The Kier molecular flexibility index (Phi) is 4.31. The van der Waals surface area contributed by atoms with Gasteiger partial charge in [-0.15, -0.1) is 11.3 Å². The number of methoxy groups -OCH3 is 1. The number of fused-ring (bicyclic) bond motifs is 1. The van der Waals surface area contributed by atoms with E-state index in [1.54, 1.807) is 7.11 Å². The van der Waals surface area contributed by atoms with Crippen LogP contribution in [0.25, 0.3) is 27.5 Å². The van der Waals surface area contributed by atoms with Crippen LogP contribution in [-0.2, 0) is 6.42 Å². The number of hydrogen-bond donors (Lipinski definition) is 0. The minimum Gasteiger partial charge on any atom is -0.497 e. The van der Waals surface area contributed by atoms with Crippen molar-refractivity contribution in [3.8, 4) is 28.3 Å². The highest BCUT2D eigenvalue weighted by atomic mass is 32.1. The molecule has 0 atom stereocenters. The van der Waals surface area contributed by atoms with Gasteiger partial charge in [-0.25, -0.2) is 4.98 Å². The number of thiazole rings is 1. The predicted octanol–water partition coefficient (Wildman–Crippen LogP) is 5.11. The zero-order valence-electron chi connectivity index (χ0n) is 14.6. The van der Waals surface area contributed by atoms with E-state index < -0.39 is 0 Å². The van der Waals surface area contributed by atoms with Crippen molar-refractivity contribution in [3.63, 3.8) is 0 Å². The van der Waals surface area contributed by atoms with Crippen LogP contribution < -0.4 is 4.74 Å². The highest BCUT2D eigenvalue weighted by molar-refractivity contribution is 7.15. The lowest BCUT2D eigenvalue weighted by Crippen LogP contribution is -1.94. The molecule has 0 amide bonds. The number of aldehydes is 1. The Morgan fingerprint density at radius 1 is 1.15 bits per heavy atom. The smallest absolute Gasteiger partial charge is 0.195 e. The van der Waals surface area contributed by atoms with Crippen molar-refractivity contribution in [2.45, 2.75) is 13.3 Å². The van der Waals surface area contributed by atoms with Crippen molar-refractivity contribution in [3.05, 3.63) is 65.2 Å². The van der Waals surface area contributed by atoms with Crippen LogP contribution in [-0.4, -0.2) is 22.8 Å². The average Bonchev–Trinajstić information content (AvgIpc) is 3.27. The number of imidazole rings is 1. The molecule has 0 aliphatic rings. The largest absolute Gasteiger partial charge is 0.497 e. The van der Waals surface area contributed by atoms with Gasteiger partial charge in [-0.05, 0) is 24.1 Å². The number of carbonyl (C=O) groups is 1. The molecule has 2 aromatic heterocycles. The topological polar surface area (TPSA) is 43.6 Å². The van der Waals surface area contributed by atoms with Gasteiger partial charge in [0.2, 0.25) is 0 Å². The molecule has 0 fully saturated rings. The molecule has 4 nitrogen and oxygen atoms in total. The molecule has 130 valence electrons. The number of aromatic nitrogens is 2. The summed E-state index contributed by atoms with van der Waals surface area (Å²) in [5, 5.41) is 2.02. The first-order valence-corrected chi connectivity index (χ1v) is 9.32. The molecule has 2 aromatic carbocycles. The van der Waals surface area contributed by atoms with E-state index >= 15 is 0 Å². The maximum absolute atomic E-state index is 11.9. The van der Waals surface area contributed by atoms with Crippen molar-refractivity contribution >= 4 is 22.6 Å². The van der Waals surface area contributed by atoms with E-state index in [1.165, 1.54) is 16.9 Å². The lowest BCUT2D eigenvalue weighted by Gasteiger charge is -2.05. The van der Waals surface area contributed by atoms with E-state index in [1.807, 2.05) is 46.2 Å². The fourth-order valence-corrected chi connectivity index (χ4v) is 3.99. The summed E-state index contributed by atoms with van der Waals surface area (Å²) in [5.74, 6) is 0.782. The highest BCUT2D eigenvalue weighted by Gasteiger charge is 2.18. The lowest BCUT2D eigenvalue weighted by molar-refractivity contribution is 0.111. The fourth-order valence-electron chi connectivity index (χ4n) is 3.08. The van der Waals surface area contributed by atoms with Crippen LogP contribution in [0.2, 0.25) is 0 Å². The number of rotatable bonds is 5. The average molecular weight is 362 g/mol. The lowest BCUT2D eigenvalue weighted by atomic mass is 10.1. The van der Waals surface area contributed by atoms with Crippen LogP contribution in [0, 0.1) is 0 Å². The summed E-state index contributed by atoms with van der Waals surface area (Å²) in [6.07, 6.45) is 1.87. The summed E-state index contributed by atoms with van der Waals surface area (Å²) in [5.41, 5.74) is 5.44. The van der Waals surface area contributed by atoms with Gasteiger partial charge < -0.3 is 4.74 Å². The molecule has 0 unspecified atom stereocenters. The van der Waals surface area contributed by atoms with Gasteiger partial charge in [0.25, 0.3) is 0 Å². The first-order valence-electron chi connectivity index (χ1n) is 8.44. The second-order valence-electron chi connectivity index (χ2n) is 5.98. The van der Waals surface area contributed by atoms with Gasteiger partial charge >= 0.3 is 0 Å². The van der Waals surface area contributed by atoms with Gasteiger partial charge in [-0.2, -0.15) is 0 Å². The van der Waals surface area contributed by atoms with Crippen molar-refractivity contribution < 1.29 is 9.53 Å². The highest BCUT2D eigenvalue weighted by Crippen LogP contribution is 2.33. The van der Waals surface area contributed by atoms with Crippen LogP contribution >= 0.6 is 11.3 Å². The summed E-state index contributed by atoms with van der Waals surface area (Å²) in [4.78, 5) is 17.4. The molecular formula is C21H18N2O2S.